The number of hydrogen-bond donors (Lipinski definition) is 0. The van der Waals surface area contributed by atoms with E-state index in [1.165, 1.54) is 0 Å². The van der Waals surface area contributed by atoms with Crippen molar-refractivity contribution in [2.24, 2.45) is 5.92 Å². The summed E-state index contributed by atoms with van der Waals surface area (Å²) in [6, 6.07) is 11.5. The fraction of sp³-hybridized carbons (Fsp3) is 0.455. The summed E-state index contributed by atoms with van der Waals surface area (Å²) in [7, 11) is 0. The molecule has 142 valence electrons. The van der Waals surface area contributed by atoms with Crippen molar-refractivity contribution in [2.45, 2.75) is 38.6 Å². The van der Waals surface area contributed by atoms with Crippen molar-refractivity contribution in [3.63, 3.8) is 0 Å². The van der Waals surface area contributed by atoms with E-state index in [1.54, 1.807) is 11.3 Å². The third kappa shape index (κ3) is 3.29. The lowest BCUT2D eigenvalue weighted by molar-refractivity contribution is -0.133. The highest BCUT2D eigenvalue weighted by atomic mass is 32.1. The van der Waals surface area contributed by atoms with E-state index in [1.807, 2.05) is 45.5 Å². The van der Waals surface area contributed by atoms with Crippen molar-refractivity contribution < 1.29 is 9.59 Å². The second-order valence-electron chi connectivity index (χ2n) is 7.91. The number of carbonyl (C=O) groups is 2. The Morgan fingerprint density at radius 1 is 1.15 bits per heavy atom. The Balaban J connectivity index is 1.86. The van der Waals surface area contributed by atoms with Crippen LogP contribution in [0.4, 0.5) is 0 Å². The predicted octanol–water partition coefficient (Wildman–Crippen LogP) is 4.31. The summed E-state index contributed by atoms with van der Waals surface area (Å²) in [6.45, 7) is 6.55. The Hall–Kier alpha value is -2.14. The SMILES string of the molecule is CC(C)CN1C(=O)c2ccccc2[C@H](C(=O)N2CCCC2)[C@H]1c1cccs1. The van der Waals surface area contributed by atoms with E-state index < -0.39 is 0 Å². The molecule has 0 aliphatic carbocycles. The van der Waals surface area contributed by atoms with Crippen LogP contribution in [0, 0.1) is 5.92 Å². The number of amides is 2. The molecule has 1 fully saturated rings. The minimum absolute atomic E-state index is 0.0446. The van der Waals surface area contributed by atoms with E-state index in [9.17, 15) is 9.59 Å². The van der Waals surface area contributed by atoms with Crippen molar-refractivity contribution in [1.29, 1.82) is 0 Å². The topological polar surface area (TPSA) is 40.6 Å². The van der Waals surface area contributed by atoms with Gasteiger partial charge in [0.25, 0.3) is 5.91 Å². The van der Waals surface area contributed by atoms with E-state index in [0.717, 1.165) is 36.4 Å². The number of hydrogen-bond acceptors (Lipinski definition) is 3. The maximum absolute atomic E-state index is 13.6. The monoisotopic (exact) mass is 382 g/mol. The smallest absolute Gasteiger partial charge is 0.254 e. The second-order valence-corrected chi connectivity index (χ2v) is 8.89. The van der Waals surface area contributed by atoms with Crippen LogP contribution in [0.15, 0.2) is 41.8 Å². The fourth-order valence-electron chi connectivity index (χ4n) is 4.36. The van der Waals surface area contributed by atoms with E-state index >= 15 is 0 Å². The van der Waals surface area contributed by atoms with Crippen LogP contribution < -0.4 is 0 Å². The number of benzene rings is 1. The molecule has 0 N–H and O–H groups in total. The zero-order chi connectivity index (χ0) is 19.0. The maximum Gasteiger partial charge on any atom is 0.254 e. The van der Waals surface area contributed by atoms with Gasteiger partial charge in [-0.1, -0.05) is 38.1 Å². The molecule has 0 bridgehead atoms. The van der Waals surface area contributed by atoms with Gasteiger partial charge in [-0.05, 0) is 41.8 Å². The largest absolute Gasteiger partial charge is 0.342 e. The molecule has 0 saturated carbocycles. The summed E-state index contributed by atoms with van der Waals surface area (Å²) in [5.41, 5.74) is 1.57. The average Bonchev–Trinajstić information content (AvgIpc) is 3.37. The Bertz CT molecular complexity index is 825. The van der Waals surface area contributed by atoms with Gasteiger partial charge in [0.1, 0.15) is 0 Å². The third-order valence-electron chi connectivity index (χ3n) is 5.52. The van der Waals surface area contributed by atoms with Crippen LogP contribution in [0.25, 0.3) is 0 Å². The van der Waals surface area contributed by atoms with Crippen molar-refractivity contribution in [1.82, 2.24) is 9.80 Å². The number of thiophene rings is 1. The molecular formula is C22H26N2O2S. The van der Waals surface area contributed by atoms with Crippen LogP contribution in [-0.4, -0.2) is 41.2 Å². The second kappa shape index (κ2) is 7.47. The lowest BCUT2D eigenvalue weighted by Crippen LogP contribution is -2.48. The zero-order valence-electron chi connectivity index (χ0n) is 15.9. The Morgan fingerprint density at radius 2 is 1.89 bits per heavy atom. The van der Waals surface area contributed by atoms with Crippen molar-refractivity contribution >= 4 is 23.2 Å². The minimum Gasteiger partial charge on any atom is -0.342 e. The molecule has 1 aromatic heterocycles. The van der Waals surface area contributed by atoms with Gasteiger partial charge in [0.2, 0.25) is 5.91 Å². The summed E-state index contributed by atoms with van der Waals surface area (Å²) < 4.78 is 0. The Morgan fingerprint density at radius 3 is 2.56 bits per heavy atom. The highest BCUT2D eigenvalue weighted by Gasteiger charge is 2.46. The standard InChI is InChI=1S/C22H26N2O2S/c1-15(2)14-24-20(18-10-7-13-27-18)19(22(26)23-11-5-6-12-23)16-8-3-4-9-17(16)21(24)25/h3-4,7-10,13,15,19-20H,5-6,11-12,14H2,1-2H3/t19-,20+/m0/s1. The van der Waals surface area contributed by atoms with Crippen LogP contribution in [-0.2, 0) is 4.79 Å². The Kier molecular flexibility index (Phi) is 5.04. The minimum atomic E-state index is -0.325. The molecule has 4 rings (SSSR count). The molecule has 2 atom stereocenters. The van der Waals surface area contributed by atoms with E-state index in [0.29, 0.717) is 18.0 Å². The molecule has 27 heavy (non-hydrogen) atoms. The number of nitrogens with zero attached hydrogens (tertiary/aromatic N) is 2. The van der Waals surface area contributed by atoms with Gasteiger partial charge < -0.3 is 9.80 Å². The summed E-state index contributed by atoms with van der Waals surface area (Å²) in [4.78, 5) is 32.0. The molecule has 2 aliphatic rings. The molecular weight excluding hydrogens is 356 g/mol. The third-order valence-corrected chi connectivity index (χ3v) is 6.46. The molecule has 0 unspecified atom stereocenters. The van der Waals surface area contributed by atoms with Gasteiger partial charge in [0, 0.05) is 30.1 Å². The van der Waals surface area contributed by atoms with E-state index in [-0.39, 0.29) is 23.8 Å². The van der Waals surface area contributed by atoms with Crippen LogP contribution in [0.1, 0.15) is 59.4 Å². The van der Waals surface area contributed by atoms with Gasteiger partial charge in [-0.2, -0.15) is 0 Å². The van der Waals surface area contributed by atoms with Gasteiger partial charge in [0.15, 0.2) is 0 Å². The van der Waals surface area contributed by atoms with Crippen LogP contribution in [0.3, 0.4) is 0 Å². The predicted molar refractivity (Wildman–Crippen MR) is 108 cm³/mol. The molecule has 0 spiro atoms. The maximum atomic E-state index is 13.6. The van der Waals surface area contributed by atoms with Gasteiger partial charge >= 0.3 is 0 Å². The molecule has 2 aromatic rings. The first kappa shape index (κ1) is 18.2. The first-order valence-electron chi connectivity index (χ1n) is 9.80. The average molecular weight is 383 g/mol. The lowest BCUT2D eigenvalue weighted by atomic mass is 9.80. The normalized spacial score (nSPS) is 22.4. The van der Waals surface area contributed by atoms with Crippen LogP contribution in [0.2, 0.25) is 0 Å². The van der Waals surface area contributed by atoms with E-state index in [2.05, 4.69) is 19.9 Å². The molecule has 4 nitrogen and oxygen atoms in total. The number of likely N-dealkylation sites (tertiary alicyclic amines) is 1. The number of rotatable bonds is 4. The summed E-state index contributed by atoms with van der Waals surface area (Å²) >= 11 is 1.64. The summed E-state index contributed by atoms with van der Waals surface area (Å²) in [5, 5.41) is 2.03. The molecule has 1 aromatic carbocycles. The summed E-state index contributed by atoms with van der Waals surface area (Å²) in [6.07, 6.45) is 2.14. The van der Waals surface area contributed by atoms with Gasteiger partial charge in [0.05, 0.1) is 12.0 Å². The van der Waals surface area contributed by atoms with Crippen molar-refractivity contribution in [3.8, 4) is 0 Å². The molecule has 2 aliphatic heterocycles. The first-order valence-corrected chi connectivity index (χ1v) is 10.7. The molecule has 5 heteroatoms. The van der Waals surface area contributed by atoms with E-state index in [4.69, 9.17) is 0 Å². The number of fused-ring (bicyclic) bond motifs is 1. The zero-order valence-corrected chi connectivity index (χ0v) is 16.7. The Labute approximate surface area is 164 Å². The highest BCUT2D eigenvalue weighted by Crippen LogP contribution is 2.45. The van der Waals surface area contributed by atoms with Crippen LogP contribution >= 0.6 is 11.3 Å². The van der Waals surface area contributed by atoms with Gasteiger partial charge in [-0.15, -0.1) is 11.3 Å². The van der Waals surface area contributed by atoms with Gasteiger partial charge in [-0.25, -0.2) is 0 Å². The molecule has 3 heterocycles. The van der Waals surface area contributed by atoms with Crippen LogP contribution in [0.5, 0.6) is 0 Å². The van der Waals surface area contributed by atoms with Gasteiger partial charge in [-0.3, -0.25) is 9.59 Å². The fourth-order valence-corrected chi connectivity index (χ4v) is 5.24. The van der Waals surface area contributed by atoms with Crippen molar-refractivity contribution in [2.75, 3.05) is 19.6 Å². The molecule has 1 saturated heterocycles. The van der Waals surface area contributed by atoms with Crippen molar-refractivity contribution in [3.05, 3.63) is 57.8 Å². The summed E-state index contributed by atoms with van der Waals surface area (Å²) in [5.74, 6) is 0.224. The number of carbonyl (C=O) groups excluding carboxylic acids is 2. The quantitative estimate of drug-likeness (QED) is 0.791. The molecule has 2 amide bonds. The molecule has 0 radical (unpaired) electrons. The lowest BCUT2D eigenvalue weighted by Gasteiger charge is -2.43. The highest BCUT2D eigenvalue weighted by molar-refractivity contribution is 7.10. The first-order chi connectivity index (χ1) is 13.1.